The van der Waals surface area contributed by atoms with Gasteiger partial charge in [0.1, 0.15) is 17.3 Å². The molecule has 2 heterocycles. The number of benzene rings is 2. The molecular weight excluding hydrogens is 452 g/mol. The number of hydrogen-bond acceptors (Lipinski definition) is 4. The second kappa shape index (κ2) is 9.82. The summed E-state index contributed by atoms with van der Waals surface area (Å²) in [6.07, 6.45) is -2.54. The van der Waals surface area contributed by atoms with Crippen molar-refractivity contribution in [3.8, 4) is 11.5 Å². The highest BCUT2D eigenvalue weighted by Gasteiger charge is 2.45. The molecule has 34 heavy (non-hydrogen) atoms. The van der Waals surface area contributed by atoms with E-state index in [1.165, 1.54) is 37.4 Å². The Kier molecular flexibility index (Phi) is 7.02. The third-order valence-electron chi connectivity index (χ3n) is 7.11. The molecule has 1 spiro atoms. The number of methoxy groups -OCH3 is 1. The van der Waals surface area contributed by atoms with Gasteiger partial charge in [-0.1, -0.05) is 24.3 Å². The summed E-state index contributed by atoms with van der Waals surface area (Å²) >= 11 is 0. The average molecular weight is 481 g/mol. The first kappa shape index (κ1) is 24.3. The lowest BCUT2D eigenvalue weighted by Crippen LogP contribution is -2.51. The van der Waals surface area contributed by atoms with E-state index in [1.807, 2.05) is 0 Å². The molecule has 0 aliphatic carbocycles. The maximum absolute atomic E-state index is 13.8. The minimum Gasteiger partial charge on any atom is -0.496 e. The third-order valence-corrected chi connectivity index (χ3v) is 7.11. The molecule has 184 valence electrons. The van der Waals surface area contributed by atoms with E-state index < -0.39 is 6.36 Å². The quantitative estimate of drug-likeness (QED) is 0.633. The van der Waals surface area contributed by atoms with E-state index >= 15 is 0 Å². The highest BCUT2D eigenvalue weighted by atomic mass is 19.4. The van der Waals surface area contributed by atoms with Crippen molar-refractivity contribution in [2.75, 3.05) is 33.3 Å². The van der Waals surface area contributed by atoms with E-state index in [9.17, 15) is 22.4 Å². The summed E-state index contributed by atoms with van der Waals surface area (Å²) in [4.78, 5) is 14.7. The summed E-state index contributed by atoms with van der Waals surface area (Å²) in [5.41, 5.74) is 1.10. The molecule has 2 aromatic carbocycles. The predicted octanol–water partition coefficient (Wildman–Crippen LogP) is 4.66. The van der Waals surface area contributed by atoms with Gasteiger partial charge in [-0.25, -0.2) is 4.39 Å². The number of amides is 1. The number of alkyl halides is 3. The van der Waals surface area contributed by atoms with Crippen LogP contribution in [0, 0.1) is 11.2 Å². The van der Waals surface area contributed by atoms with Crippen LogP contribution in [0.2, 0.25) is 0 Å². The third kappa shape index (κ3) is 5.29. The van der Waals surface area contributed by atoms with Gasteiger partial charge in [-0.15, -0.1) is 13.2 Å². The van der Waals surface area contributed by atoms with Crippen molar-refractivity contribution in [3.05, 3.63) is 59.4 Å². The van der Waals surface area contributed by atoms with Crippen LogP contribution in [-0.4, -0.2) is 50.5 Å². The molecule has 4 rings (SSSR count). The molecule has 0 bridgehead atoms. The molecule has 0 aromatic heterocycles. The summed E-state index contributed by atoms with van der Waals surface area (Å²) in [7, 11) is 1.53. The number of ether oxygens (including phenoxy) is 2. The number of carbonyl (C=O) groups excluding carboxylic acids is 1. The summed E-state index contributed by atoms with van der Waals surface area (Å²) in [5.74, 6) is -0.298. The van der Waals surface area contributed by atoms with Crippen LogP contribution in [0.5, 0.6) is 11.5 Å². The van der Waals surface area contributed by atoms with Gasteiger partial charge < -0.3 is 19.7 Å². The Hall–Kier alpha value is -2.81. The van der Waals surface area contributed by atoms with Gasteiger partial charge in [-0.05, 0) is 48.9 Å². The number of hydrogen-bond donors (Lipinski definition) is 1. The first-order valence-corrected chi connectivity index (χ1v) is 11.4. The molecule has 2 aromatic rings. The van der Waals surface area contributed by atoms with Gasteiger partial charge in [0.05, 0.1) is 13.5 Å². The zero-order valence-electron chi connectivity index (χ0n) is 19.0. The first-order chi connectivity index (χ1) is 16.2. The highest BCUT2D eigenvalue weighted by molar-refractivity contribution is 5.79. The molecule has 0 unspecified atom stereocenters. The Balaban J connectivity index is 1.46. The number of likely N-dealkylation sites (tertiary alicyclic amines) is 1. The van der Waals surface area contributed by atoms with Gasteiger partial charge in [-0.3, -0.25) is 4.79 Å². The van der Waals surface area contributed by atoms with Crippen LogP contribution < -0.4 is 14.8 Å². The molecular formula is C25H28F4N2O3. The molecule has 5 nitrogen and oxygen atoms in total. The second-order valence-electron chi connectivity index (χ2n) is 8.97. The minimum absolute atomic E-state index is 0.0650. The SMILES string of the molecule is COc1cc(F)ccc1[C@@H]1CNCCC12CCN(C(=O)Cc1ccccc1OC(F)(F)F)CC2. The zero-order chi connectivity index (χ0) is 24.3. The van der Waals surface area contributed by atoms with Crippen molar-refractivity contribution in [1.82, 2.24) is 10.2 Å². The number of piperidine rings is 2. The van der Waals surface area contributed by atoms with E-state index in [2.05, 4.69) is 10.1 Å². The first-order valence-electron chi connectivity index (χ1n) is 11.4. The van der Waals surface area contributed by atoms with Crippen LogP contribution in [0.1, 0.15) is 36.3 Å². The molecule has 1 atom stereocenters. The monoisotopic (exact) mass is 480 g/mol. The highest BCUT2D eigenvalue weighted by Crippen LogP contribution is 2.50. The molecule has 0 radical (unpaired) electrons. The van der Waals surface area contributed by atoms with Crippen LogP contribution in [0.3, 0.4) is 0 Å². The van der Waals surface area contributed by atoms with E-state index in [0.717, 1.165) is 37.9 Å². The fourth-order valence-corrected chi connectivity index (χ4v) is 5.34. The minimum atomic E-state index is -4.82. The van der Waals surface area contributed by atoms with Crippen molar-refractivity contribution >= 4 is 5.91 Å². The van der Waals surface area contributed by atoms with Gasteiger partial charge in [0.15, 0.2) is 0 Å². The molecule has 2 aliphatic heterocycles. The van der Waals surface area contributed by atoms with Crippen molar-refractivity contribution in [2.45, 2.75) is 38.0 Å². The Morgan fingerprint density at radius 2 is 1.85 bits per heavy atom. The largest absolute Gasteiger partial charge is 0.573 e. The number of rotatable bonds is 5. The van der Waals surface area contributed by atoms with Crippen molar-refractivity contribution in [1.29, 1.82) is 0 Å². The second-order valence-corrected chi connectivity index (χ2v) is 8.97. The Morgan fingerprint density at radius 3 is 2.56 bits per heavy atom. The number of carbonyl (C=O) groups is 1. The van der Waals surface area contributed by atoms with Gasteiger partial charge in [0.2, 0.25) is 5.91 Å². The smallest absolute Gasteiger partial charge is 0.496 e. The van der Waals surface area contributed by atoms with Gasteiger partial charge in [0.25, 0.3) is 0 Å². The summed E-state index contributed by atoms with van der Waals surface area (Å²) in [5, 5.41) is 3.43. The van der Waals surface area contributed by atoms with Crippen LogP contribution in [0.4, 0.5) is 17.6 Å². The Bertz CT molecular complexity index is 1020. The van der Waals surface area contributed by atoms with Gasteiger partial charge in [0, 0.05) is 37.2 Å². The lowest BCUT2D eigenvalue weighted by atomic mass is 9.62. The lowest BCUT2D eigenvalue weighted by Gasteiger charge is -2.50. The summed E-state index contributed by atoms with van der Waals surface area (Å²) in [6.45, 7) is 2.62. The maximum Gasteiger partial charge on any atom is 0.573 e. The van der Waals surface area contributed by atoms with Crippen molar-refractivity contribution in [3.63, 3.8) is 0 Å². The summed E-state index contributed by atoms with van der Waals surface area (Å²) < 4.78 is 61.5. The number of nitrogens with one attached hydrogen (secondary N) is 1. The molecule has 0 saturated carbocycles. The van der Waals surface area contributed by atoms with Crippen LogP contribution in [-0.2, 0) is 11.2 Å². The molecule has 2 saturated heterocycles. The van der Waals surface area contributed by atoms with Crippen LogP contribution >= 0.6 is 0 Å². The van der Waals surface area contributed by atoms with E-state index in [-0.39, 0.29) is 40.8 Å². The van der Waals surface area contributed by atoms with E-state index in [0.29, 0.717) is 18.8 Å². The van der Waals surface area contributed by atoms with Crippen LogP contribution in [0.15, 0.2) is 42.5 Å². The van der Waals surface area contributed by atoms with Crippen molar-refractivity contribution in [2.24, 2.45) is 5.41 Å². The molecule has 2 aliphatic rings. The van der Waals surface area contributed by atoms with Crippen molar-refractivity contribution < 1.29 is 31.8 Å². The Morgan fingerprint density at radius 1 is 1.12 bits per heavy atom. The normalized spacial score (nSPS) is 20.3. The van der Waals surface area contributed by atoms with E-state index in [1.54, 1.807) is 17.0 Å². The predicted molar refractivity (Wildman–Crippen MR) is 118 cm³/mol. The topological polar surface area (TPSA) is 50.8 Å². The van der Waals surface area contributed by atoms with Crippen LogP contribution in [0.25, 0.3) is 0 Å². The Labute approximate surface area is 196 Å². The number of halogens is 4. The lowest BCUT2D eigenvalue weighted by molar-refractivity contribution is -0.274. The number of nitrogens with zero attached hydrogens (tertiary/aromatic N) is 1. The molecule has 9 heteroatoms. The fourth-order valence-electron chi connectivity index (χ4n) is 5.34. The standard InChI is InChI=1S/C25H28F4N2O3/c1-33-22-15-18(26)6-7-19(22)20-16-30-11-8-24(20)9-12-31(13-10-24)23(32)14-17-4-2-3-5-21(17)34-25(27,28)29/h2-7,15,20,30H,8-14,16H2,1H3/t20-/m0/s1. The average Bonchev–Trinajstić information content (AvgIpc) is 2.80. The molecule has 1 amide bonds. The maximum atomic E-state index is 13.8. The molecule has 2 fully saturated rings. The van der Waals surface area contributed by atoms with Gasteiger partial charge in [-0.2, -0.15) is 0 Å². The van der Waals surface area contributed by atoms with E-state index in [4.69, 9.17) is 4.74 Å². The fraction of sp³-hybridized carbons (Fsp3) is 0.480. The molecule has 1 N–H and O–H groups in total. The van der Waals surface area contributed by atoms with Gasteiger partial charge >= 0.3 is 6.36 Å². The zero-order valence-corrected chi connectivity index (χ0v) is 19.0. The number of para-hydroxylation sites is 1. The summed E-state index contributed by atoms with van der Waals surface area (Å²) in [6, 6.07) is 10.4.